The molecule has 15 heavy (non-hydrogen) atoms. The molecule has 3 nitrogen and oxygen atoms in total. The Morgan fingerprint density at radius 3 is 2.67 bits per heavy atom. The molecule has 1 aromatic heterocycles. The number of ether oxygens (including phenoxy) is 1. The highest BCUT2D eigenvalue weighted by Crippen LogP contribution is 2.23. The van der Waals surface area contributed by atoms with Gasteiger partial charge in [-0.3, -0.25) is 4.79 Å². The molecular formula is C12H13NO2. The van der Waals surface area contributed by atoms with Crippen LogP contribution in [0.5, 0.6) is 5.75 Å². The summed E-state index contributed by atoms with van der Waals surface area (Å²) in [5.74, 6) is 0.636. The highest BCUT2D eigenvalue weighted by Gasteiger charge is 2.06. The van der Waals surface area contributed by atoms with Gasteiger partial charge in [-0.1, -0.05) is 11.6 Å². The number of benzene rings is 1. The second-order valence-electron chi connectivity index (χ2n) is 3.63. The normalized spacial score (nSPS) is 10.6. The Labute approximate surface area is 87.9 Å². The number of hydrogen-bond donors (Lipinski definition) is 0. The first-order valence-corrected chi connectivity index (χ1v) is 4.78. The predicted octanol–water partition coefficient (Wildman–Crippen LogP) is 1.86. The van der Waals surface area contributed by atoms with E-state index in [0.29, 0.717) is 5.75 Å². The summed E-state index contributed by atoms with van der Waals surface area (Å²) in [5, 5.41) is 0.972. The zero-order valence-electron chi connectivity index (χ0n) is 9.07. The van der Waals surface area contributed by atoms with E-state index in [2.05, 4.69) is 0 Å². The fourth-order valence-corrected chi connectivity index (χ4v) is 1.71. The van der Waals surface area contributed by atoms with Gasteiger partial charge in [0.15, 0.2) is 0 Å². The van der Waals surface area contributed by atoms with Crippen LogP contribution in [-0.2, 0) is 7.05 Å². The molecule has 0 saturated heterocycles. The van der Waals surface area contributed by atoms with Crippen molar-refractivity contribution < 1.29 is 4.74 Å². The summed E-state index contributed by atoms with van der Waals surface area (Å²) in [7, 11) is 3.34. The number of hydrogen-bond acceptors (Lipinski definition) is 2. The lowest BCUT2D eigenvalue weighted by atomic mass is 10.1. The predicted molar refractivity (Wildman–Crippen MR) is 60.5 cm³/mol. The smallest absolute Gasteiger partial charge is 0.254 e. The first kappa shape index (κ1) is 9.77. The van der Waals surface area contributed by atoms with Crippen LogP contribution in [0.15, 0.2) is 29.1 Å². The van der Waals surface area contributed by atoms with E-state index in [1.165, 1.54) is 6.07 Å². The van der Waals surface area contributed by atoms with E-state index in [9.17, 15) is 4.79 Å². The molecule has 78 valence electrons. The summed E-state index contributed by atoms with van der Waals surface area (Å²) in [4.78, 5) is 11.6. The van der Waals surface area contributed by atoms with Crippen LogP contribution < -0.4 is 10.3 Å². The Balaban J connectivity index is 2.96. The van der Waals surface area contributed by atoms with Crippen LogP contribution >= 0.6 is 0 Å². The molecule has 2 rings (SSSR count). The minimum absolute atomic E-state index is 0.0526. The maximum absolute atomic E-state index is 11.6. The van der Waals surface area contributed by atoms with Crippen LogP contribution in [0.1, 0.15) is 5.56 Å². The lowest BCUT2D eigenvalue weighted by Gasteiger charge is -2.09. The van der Waals surface area contributed by atoms with E-state index in [1.807, 2.05) is 25.1 Å². The number of methoxy groups -OCH3 is 1. The van der Waals surface area contributed by atoms with Crippen molar-refractivity contribution in [2.45, 2.75) is 6.92 Å². The number of pyridine rings is 1. The summed E-state index contributed by atoms with van der Waals surface area (Å²) in [6, 6.07) is 7.46. The molecule has 1 heterocycles. The van der Waals surface area contributed by atoms with Crippen molar-refractivity contribution in [1.29, 1.82) is 0 Å². The van der Waals surface area contributed by atoms with Crippen molar-refractivity contribution in [3.05, 3.63) is 40.2 Å². The number of aryl methyl sites for hydroxylation is 2. The summed E-state index contributed by atoms with van der Waals surface area (Å²) in [6.45, 7) is 2.02. The monoisotopic (exact) mass is 203 g/mol. The lowest BCUT2D eigenvalue weighted by molar-refractivity contribution is 0.418. The Morgan fingerprint density at radius 1 is 1.27 bits per heavy atom. The third-order valence-corrected chi connectivity index (χ3v) is 2.58. The largest absolute Gasteiger partial charge is 0.496 e. The van der Waals surface area contributed by atoms with E-state index < -0.39 is 0 Å². The second-order valence-corrected chi connectivity index (χ2v) is 3.63. The van der Waals surface area contributed by atoms with Gasteiger partial charge in [0.1, 0.15) is 5.75 Å². The van der Waals surface area contributed by atoms with Crippen LogP contribution in [0, 0.1) is 6.92 Å². The van der Waals surface area contributed by atoms with Crippen LogP contribution in [0.25, 0.3) is 10.9 Å². The molecule has 0 bridgehead atoms. The van der Waals surface area contributed by atoms with E-state index in [-0.39, 0.29) is 5.56 Å². The van der Waals surface area contributed by atoms with Crippen LogP contribution in [0.3, 0.4) is 0 Å². The maximum atomic E-state index is 11.6. The van der Waals surface area contributed by atoms with Gasteiger partial charge in [0.2, 0.25) is 0 Å². The summed E-state index contributed by atoms with van der Waals surface area (Å²) < 4.78 is 6.83. The Hall–Kier alpha value is -1.77. The van der Waals surface area contributed by atoms with Crippen molar-refractivity contribution >= 4 is 10.9 Å². The minimum atomic E-state index is -0.0526. The van der Waals surface area contributed by atoms with Gasteiger partial charge in [0, 0.05) is 18.5 Å². The van der Waals surface area contributed by atoms with Gasteiger partial charge in [-0.25, -0.2) is 0 Å². The molecule has 0 aliphatic rings. The van der Waals surface area contributed by atoms with E-state index in [1.54, 1.807) is 18.7 Å². The summed E-state index contributed by atoms with van der Waals surface area (Å²) in [5.41, 5.74) is 1.99. The molecule has 0 fully saturated rings. The molecule has 1 aromatic carbocycles. The highest BCUT2D eigenvalue weighted by molar-refractivity contribution is 5.85. The lowest BCUT2D eigenvalue weighted by Crippen LogP contribution is -2.16. The molecule has 0 radical (unpaired) electrons. The first-order chi connectivity index (χ1) is 7.13. The van der Waals surface area contributed by atoms with E-state index >= 15 is 0 Å². The molecule has 0 atom stereocenters. The van der Waals surface area contributed by atoms with E-state index in [0.717, 1.165) is 16.5 Å². The number of nitrogens with zero attached hydrogens (tertiary/aromatic N) is 1. The topological polar surface area (TPSA) is 31.2 Å². The SMILES string of the molecule is COc1cc(=O)n(C)c2ccc(C)cc12. The molecular weight excluding hydrogens is 190 g/mol. The molecule has 0 aliphatic carbocycles. The standard InChI is InChI=1S/C12H13NO2/c1-8-4-5-10-9(6-8)11(15-3)7-12(14)13(10)2/h4-7H,1-3H3. The molecule has 0 amide bonds. The van der Waals surface area contributed by atoms with Gasteiger partial charge in [0.25, 0.3) is 5.56 Å². The van der Waals surface area contributed by atoms with Gasteiger partial charge in [-0.05, 0) is 19.1 Å². The first-order valence-electron chi connectivity index (χ1n) is 4.78. The quantitative estimate of drug-likeness (QED) is 0.708. The third kappa shape index (κ3) is 1.50. The molecule has 0 saturated carbocycles. The van der Waals surface area contributed by atoms with Gasteiger partial charge >= 0.3 is 0 Å². The highest BCUT2D eigenvalue weighted by atomic mass is 16.5. The summed E-state index contributed by atoms with van der Waals surface area (Å²) in [6.07, 6.45) is 0. The van der Waals surface area contributed by atoms with Crippen molar-refractivity contribution in [3.63, 3.8) is 0 Å². The van der Waals surface area contributed by atoms with Crippen LogP contribution in [0.2, 0.25) is 0 Å². The fourth-order valence-electron chi connectivity index (χ4n) is 1.71. The van der Waals surface area contributed by atoms with E-state index in [4.69, 9.17) is 4.74 Å². The van der Waals surface area contributed by atoms with Crippen molar-refractivity contribution in [1.82, 2.24) is 4.57 Å². The Morgan fingerprint density at radius 2 is 2.00 bits per heavy atom. The molecule has 0 spiro atoms. The van der Waals surface area contributed by atoms with Crippen LogP contribution in [0.4, 0.5) is 0 Å². The number of aromatic nitrogens is 1. The fraction of sp³-hybridized carbons (Fsp3) is 0.250. The average Bonchev–Trinajstić information content (AvgIpc) is 2.23. The van der Waals surface area contributed by atoms with Crippen molar-refractivity contribution in [2.24, 2.45) is 7.05 Å². The number of rotatable bonds is 1. The second kappa shape index (κ2) is 3.42. The van der Waals surface area contributed by atoms with Gasteiger partial charge in [-0.15, -0.1) is 0 Å². The van der Waals surface area contributed by atoms with Crippen molar-refractivity contribution in [3.8, 4) is 5.75 Å². The molecule has 0 unspecified atom stereocenters. The van der Waals surface area contributed by atoms with Crippen LogP contribution in [-0.4, -0.2) is 11.7 Å². The zero-order chi connectivity index (χ0) is 11.0. The number of fused-ring (bicyclic) bond motifs is 1. The molecule has 2 aromatic rings. The summed E-state index contributed by atoms with van der Waals surface area (Å²) >= 11 is 0. The molecule has 0 aliphatic heterocycles. The average molecular weight is 203 g/mol. The van der Waals surface area contributed by atoms with Gasteiger partial charge < -0.3 is 9.30 Å². The van der Waals surface area contributed by atoms with Gasteiger partial charge in [-0.2, -0.15) is 0 Å². The zero-order valence-corrected chi connectivity index (χ0v) is 9.07. The third-order valence-electron chi connectivity index (χ3n) is 2.58. The Bertz CT molecular complexity index is 570. The molecule has 3 heteroatoms. The molecule has 0 N–H and O–H groups in total. The van der Waals surface area contributed by atoms with Gasteiger partial charge in [0.05, 0.1) is 12.6 Å². The van der Waals surface area contributed by atoms with Crippen molar-refractivity contribution in [2.75, 3.05) is 7.11 Å². The Kier molecular flexibility index (Phi) is 2.23. The maximum Gasteiger partial charge on any atom is 0.254 e. The minimum Gasteiger partial charge on any atom is -0.496 e.